The van der Waals surface area contributed by atoms with Crippen molar-refractivity contribution in [1.82, 2.24) is 4.90 Å². The zero-order valence-electron chi connectivity index (χ0n) is 11.5. The molecule has 1 amide bonds. The lowest BCUT2D eigenvalue weighted by atomic mass is 10.1. The number of nitrogens with two attached hydrogens (primary N) is 1. The number of carbonyl (C=O) groups excluding carboxylic acids is 1. The molecule has 1 aromatic rings. The van der Waals surface area contributed by atoms with Crippen LogP contribution in [-0.2, 0) is 11.2 Å². The summed E-state index contributed by atoms with van der Waals surface area (Å²) >= 11 is 0. The van der Waals surface area contributed by atoms with Crippen LogP contribution in [0.4, 0.5) is 5.69 Å². The first-order chi connectivity index (χ1) is 9.51. The maximum absolute atomic E-state index is 12.3. The van der Waals surface area contributed by atoms with Crippen LogP contribution < -0.4 is 5.73 Å². The Hall–Kier alpha value is -1.95. The molecule has 0 saturated carbocycles. The third kappa shape index (κ3) is 3.14. The summed E-state index contributed by atoms with van der Waals surface area (Å²) in [6, 6.07) is 6.35. The molecular weight excluding hydrogens is 258 g/mol. The van der Waals surface area contributed by atoms with Crippen molar-refractivity contribution >= 4 is 11.6 Å². The van der Waals surface area contributed by atoms with E-state index in [2.05, 4.69) is 0 Å². The third-order valence-electron chi connectivity index (χ3n) is 3.82. The van der Waals surface area contributed by atoms with Crippen LogP contribution in [-0.4, -0.2) is 34.9 Å². The third-order valence-corrected chi connectivity index (χ3v) is 3.82. The number of nitro groups is 1. The number of nitrogens with zero attached hydrogens (tertiary/aromatic N) is 2. The molecule has 1 fully saturated rings. The first-order valence-electron chi connectivity index (χ1n) is 6.74. The van der Waals surface area contributed by atoms with E-state index in [1.165, 1.54) is 12.1 Å². The van der Waals surface area contributed by atoms with Gasteiger partial charge in [0.25, 0.3) is 5.69 Å². The number of hydrogen-bond donors (Lipinski definition) is 1. The van der Waals surface area contributed by atoms with Crippen molar-refractivity contribution in [2.24, 2.45) is 11.7 Å². The molecule has 1 aliphatic heterocycles. The van der Waals surface area contributed by atoms with Crippen molar-refractivity contribution < 1.29 is 9.72 Å². The van der Waals surface area contributed by atoms with E-state index in [4.69, 9.17) is 5.73 Å². The number of nitro benzene ring substituents is 1. The number of carbonyl (C=O) groups is 1. The molecule has 0 spiro atoms. The molecule has 2 atom stereocenters. The minimum Gasteiger partial charge on any atom is -0.339 e. The second-order valence-electron chi connectivity index (χ2n) is 5.33. The van der Waals surface area contributed by atoms with Gasteiger partial charge in [-0.25, -0.2) is 0 Å². The SMILES string of the molecule is CC1CC(CN)CN1C(=O)Cc1ccc([N+](=O)[O-])cc1. The summed E-state index contributed by atoms with van der Waals surface area (Å²) in [5.74, 6) is 0.438. The molecule has 1 saturated heterocycles. The van der Waals surface area contributed by atoms with Gasteiger partial charge in [0.05, 0.1) is 11.3 Å². The van der Waals surface area contributed by atoms with Gasteiger partial charge in [0, 0.05) is 24.7 Å². The quantitative estimate of drug-likeness (QED) is 0.664. The minimum atomic E-state index is -0.444. The van der Waals surface area contributed by atoms with Crippen molar-refractivity contribution in [1.29, 1.82) is 0 Å². The zero-order valence-corrected chi connectivity index (χ0v) is 11.5. The van der Waals surface area contributed by atoms with Crippen LogP contribution in [0.2, 0.25) is 0 Å². The van der Waals surface area contributed by atoms with E-state index in [0.717, 1.165) is 12.0 Å². The van der Waals surface area contributed by atoms with E-state index in [9.17, 15) is 14.9 Å². The van der Waals surface area contributed by atoms with Crippen molar-refractivity contribution in [3.63, 3.8) is 0 Å². The highest BCUT2D eigenvalue weighted by Gasteiger charge is 2.31. The lowest BCUT2D eigenvalue weighted by Gasteiger charge is -2.21. The number of benzene rings is 1. The molecule has 0 bridgehead atoms. The van der Waals surface area contributed by atoms with Gasteiger partial charge in [-0.2, -0.15) is 0 Å². The summed E-state index contributed by atoms with van der Waals surface area (Å²) in [6.45, 7) is 3.35. The van der Waals surface area contributed by atoms with E-state index >= 15 is 0 Å². The Morgan fingerprint density at radius 1 is 1.45 bits per heavy atom. The van der Waals surface area contributed by atoms with Crippen molar-refractivity contribution in [3.8, 4) is 0 Å². The molecule has 6 nitrogen and oxygen atoms in total. The minimum absolute atomic E-state index is 0.0407. The van der Waals surface area contributed by atoms with Gasteiger partial charge < -0.3 is 10.6 Å². The average Bonchev–Trinajstić information content (AvgIpc) is 2.80. The summed E-state index contributed by atoms with van der Waals surface area (Å²) in [6.07, 6.45) is 1.22. The number of rotatable bonds is 4. The molecule has 2 N–H and O–H groups in total. The largest absolute Gasteiger partial charge is 0.339 e. The molecule has 20 heavy (non-hydrogen) atoms. The topological polar surface area (TPSA) is 89.5 Å². The second kappa shape index (κ2) is 6.00. The van der Waals surface area contributed by atoms with E-state index < -0.39 is 4.92 Å². The Labute approximate surface area is 117 Å². The van der Waals surface area contributed by atoms with Crippen LogP contribution in [0.25, 0.3) is 0 Å². The van der Waals surface area contributed by atoms with Gasteiger partial charge in [-0.05, 0) is 31.4 Å². The fraction of sp³-hybridized carbons (Fsp3) is 0.500. The summed E-state index contributed by atoms with van der Waals surface area (Å²) in [5.41, 5.74) is 6.49. The average molecular weight is 277 g/mol. The Kier molecular flexibility index (Phi) is 4.34. The maximum Gasteiger partial charge on any atom is 0.269 e. The summed E-state index contributed by atoms with van der Waals surface area (Å²) in [4.78, 5) is 24.2. The van der Waals surface area contributed by atoms with Gasteiger partial charge in [-0.3, -0.25) is 14.9 Å². The Bertz CT molecular complexity index is 501. The van der Waals surface area contributed by atoms with Gasteiger partial charge in [-0.15, -0.1) is 0 Å². The van der Waals surface area contributed by atoms with Crippen LogP contribution in [0.1, 0.15) is 18.9 Å². The maximum atomic E-state index is 12.3. The molecule has 6 heteroatoms. The van der Waals surface area contributed by atoms with Crippen molar-refractivity contribution in [3.05, 3.63) is 39.9 Å². The highest BCUT2D eigenvalue weighted by Crippen LogP contribution is 2.23. The van der Waals surface area contributed by atoms with Gasteiger partial charge in [0.1, 0.15) is 0 Å². The normalized spacial score (nSPS) is 22.0. The van der Waals surface area contributed by atoms with Crippen LogP contribution in [0.15, 0.2) is 24.3 Å². The van der Waals surface area contributed by atoms with Gasteiger partial charge in [0.15, 0.2) is 0 Å². The number of likely N-dealkylation sites (tertiary alicyclic amines) is 1. The van der Waals surface area contributed by atoms with E-state index in [1.807, 2.05) is 11.8 Å². The predicted octanol–water partition coefficient (Wildman–Crippen LogP) is 1.33. The smallest absolute Gasteiger partial charge is 0.269 e. The molecule has 0 radical (unpaired) electrons. The van der Waals surface area contributed by atoms with Crippen LogP contribution in [0.3, 0.4) is 0 Å². The molecule has 1 aromatic carbocycles. The summed E-state index contributed by atoms with van der Waals surface area (Å²) in [5, 5.41) is 10.6. The Morgan fingerprint density at radius 2 is 2.10 bits per heavy atom. The lowest BCUT2D eigenvalue weighted by Crippen LogP contribution is -2.35. The molecular formula is C14H19N3O3. The highest BCUT2D eigenvalue weighted by atomic mass is 16.6. The summed E-state index contributed by atoms with van der Waals surface area (Å²) < 4.78 is 0. The van der Waals surface area contributed by atoms with Gasteiger partial charge >= 0.3 is 0 Å². The van der Waals surface area contributed by atoms with Gasteiger partial charge in [-0.1, -0.05) is 12.1 Å². The van der Waals surface area contributed by atoms with Crippen molar-refractivity contribution in [2.75, 3.05) is 13.1 Å². The van der Waals surface area contributed by atoms with E-state index in [0.29, 0.717) is 19.0 Å². The Balaban J connectivity index is 1.99. The van der Waals surface area contributed by atoms with Crippen LogP contribution >= 0.6 is 0 Å². The first kappa shape index (κ1) is 14.5. The molecule has 0 aromatic heterocycles. The standard InChI is InChI=1S/C14H19N3O3/c1-10-6-12(8-15)9-16(10)14(18)7-11-2-4-13(5-3-11)17(19)20/h2-5,10,12H,6-9,15H2,1H3. The second-order valence-corrected chi connectivity index (χ2v) is 5.33. The van der Waals surface area contributed by atoms with Gasteiger partial charge in [0.2, 0.25) is 5.91 Å². The van der Waals surface area contributed by atoms with Crippen molar-refractivity contribution in [2.45, 2.75) is 25.8 Å². The molecule has 1 aliphatic rings. The molecule has 2 unspecified atom stereocenters. The lowest BCUT2D eigenvalue weighted by molar-refractivity contribution is -0.384. The molecule has 1 heterocycles. The fourth-order valence-corrected chi connectivity index (χ4v) is 2.67. The highest BCUT2D eigenvalue weighted by molar-refractivity contribution is 5.79. The number of hydrogen-bond acceptors (Lipinski definition) is 4. The van der Waals surface area contributed by atoms with E-state index in [1.54, 1.807) is 12.1 Å². The molecule has 108 valence electrons. The van der Waals surface area contributed by atoms with Crippen LogP contribution in [0.5, 0.6) is 0 Å². The molecule has 2 rings (SSSR count). The summed E-state index contributed by atoms with van der Waals surface area (Å²) in [7, 11) is 0. The number of non-ortho nitro benzene ring substituents is 1. The number of amides is 1. The Morgan fingerprint density at radius 3 is 2.60 bits per heavy atom. The first-order valence-corrected chi connectivity index (χ1v) is 6.74. The predicted molar refractivity (Wildman–Crippen MR) is 75.1 cm³/mol. The molecule has 0 aliphatic carbocycles. The van der Waals surface area contributed by atoms with Crippen LogP contribution in [0, 0.1) is 16.0 Å². The van der Waals surface area contributed by atoms with E-state index in [-0.39, 0.29) is 24.1 Å². The monoisotopic (exact) mass is 277 g/mol. The zero-order chi connectivity index (χ0) is 14.7. The fourth-order valence-electron chi connectivity index (χ4n) is 2.67.